The van der Waals surface area contributed by atoms with E-state index in [1.807, 2.05) is 30.3 Å². The minimum Gasteiger partial charge on any atom is -0.382 e. The van der Waals surface area contributed by atoms with Crippen LogP contribution in [0.15, 0.2) is 60.9 Å². The minimum atomic E-state index is -0.162. The Labute approximate surface area is 199 Å². The Morgan fingerprint density at radius 3 is 2.73 bits per heavy atom. The molecule has 0 aliphatic rings. The maximum atomic E-state index is 7.91. The lowest BCUT2D eigenvalue weighted by molar-refractivity contribution is 0.889. The fraction of sp³-hybridized carbons (Fsp3) is 0.0435. The van der Waals surface area contributed by atoms with Crippen molar-refractivity contribution >= 4 is 63.2 Å². The molecular weight excluding hydrogens is 459 g/mol. The molecule has 33 heavy (non-hydrogen) atoms. The van der Waals surface area contributed by atoms with Crippen LogP contribution < -0.4 is 16.4 Å². The zero-order valence-electron chi connectivity index (χ0n) is 17.3. The van der Waals surface area contributed by atoms with Crippen LogP contribution in [0.1, 0.15) is 16.8 Å². The van der Waals surface area contributed by atoms with Gasteiger partial charge in [0.1, 0.15) is 11.5 Å². The summed E-state index contributed by atoms with van der Waals surface area (Å²) in [6.45, 7) is 0.420. The van der Waals surface area contributed by atoms with Gasteiger partial charge in [0.25, 0.3) is 0 Å². The van der Waals surface area contributed by atoms with Crippen molar-refractivity contribution in [2.75, 3.05) is 5.32 Å². The summed E-state index contributed by atoms with van der Waals surface area (Å²) >= 11 is 12.3. The van der Waals surface area contributed by atoms with Gasteiger partial charge < -0.3 is 21.8 Å². The number of allylic oxidation sites excluding steroid dienone is 1. The zero-order chi connectivity index (χ0) is 23.4. The van der Waals surface area contributed by atoms with Crippen LogP contribution in [0.25, 0.3) is 16.6 Å². The predicted octanol–water partition coefficient (Wildman–Crippen LogP) is 5.07. The Morgan fingerprint density at radius 2 is 1.97 bits per heavy atom. The highest BCUT2D eigenvalue weighted by Gasteiger charge is 2.12. The number of nitrogens with zero attached hydrogens (tertiary/aromatic N) is 2. The Morgan fingerprint density at radius 1 is 1.12 bits per heavy atom. The maximum absolute atomic E-state index is 7.91. The Bertz CT molecular complexity index is 1380. The standard InChI is InChI=1S/C23H20Cl2N8/c24-16-3-1-13(18(25)8-16)10-29-19(5-6-26)15-7-21(22(23(27)28)30-11-15)32-17-4-2-14-12-31-33-20(14)9-17/h1-9,11-12,26,29,32H,10H2,(H3,27,28)(H,31,33)/b19-5-,26-6?. The van der Waals surface area contributed by atoms with Gasteiger partial charge in [0.2, 0.25) is 0 Å². The molecule has 0 aliphatic carbocycles. The Balaban J connectivity index is 1.64. The first-order valence-electron chi connectivity index (χ1n) is 9.88. The summed E-state index contributed by atoms with van der Waals surface area (Å²) in [5.74, 6) is -0.162. The zero-order valence-corrected chi connectivity index (χ0v) is 18.8. The molecule has 10 heteroatoms. The van der Waals surface area contributed by atoms with Crippen LogP contribution in [0.3, 0.4) is 0 Å². The normalized spacial score (nSPS) is 11.4. The van der Waals surface area contributed by atoms with Crippen LogP contribution in [-0.2, 0) is 6.54 Å². The maximum Gasteiger partial charge on any atom is 0.143 e. The monoisotopic (exact) mass is 478 g/mol. The highest BCUT2D eigenvalue weighted by atomic mass is 35.5. The number of pyridine rings is 1. The first-order chi connectivity index (χ1) is 15.9. The van der Waals surface area contributed by atoms with Crippen molar-refractivity contribution in [2.24, 2.45) is 5.73 Å². The van der Waals surface area contributed by atoms with Crippen molar-refractivity contribution in [2.45, 2.75) is 6.54 Å². The quantitative estimate of drug-likeness (QED) is 0.155. The lowest BCUT2D eigenvalue weighted by Gasteiger charge is -2.16. The first-order valence-corrected chi connectivity index (χ1v) is 10.6. The average molecular weight is 479 g/mol. The number of hydrogen-bond acceptors (Lipinski definition) is 6. The van der Waals surface area contributed by atoms with Crippen molar-refractivity contribution in [3.05, 3.63) is 87.8 Å². The molecule has 0 unspecified atom stereocenters. The van der Waals surface area contributed by atoms with Crippen LogP contribution in [-0.4, -0.2) is 27.2 Å². The second-order valence-corrected chi connectivity index (χ2v) is 8.01. The van der Waals surface area contributed by atoms with E-state index in [9.17, 15) is 0 Å². The second kappa shape index (κ2) is 9.72. The fourth-order valence-corrected chi connectivity index (χ4v) is 3.76. The molecule has 2 aromatic heterocycles. The third kappa shape index (κ3) is 5.14. The molecule has 4 rings (SSSR count). The fourth-order valence-electron chi connectivity index (χ4n) is 3.29. The number of fused-ring (bicyclic) bond motifs is 1. The van der Waals surface area contributed by atoms with E-state index in [-0.39, 0.29) is 5.84 Å². The number of aromatic nitrogens is 3. The van der Waals surface area contributed by atoms with E-state index in [0.717, 1.165) is 22.2 Å². The number of nitrogen functional groups attached to an aromatic ring is 1. The summed E-state index contributed by atoms with van der Waals surface area (Å²) < 4.78 is 0. The number of benzene rings is 2. The lowest BCUT2D eigenvalue weighted by Crippen LogP contribution is -2.17. The summed E-state index contributed by atoms with van der Waals surface area (Å²) in [7, 11) is 0. The van der Waals surface area contributed by atoms with Crippen molar-refractivity contribution in [3.8, 4) is 0 Å². The average Bonchev–Trinajstić information content (AvgIpc) is 3.25. The van der Waals surface area contributed by atoms with E-state index in [1.54, 1.807) is 30.6 Å². The van der Waals surface area contributed by atoms with Gasteiger partial charge >= 0.3 is 0 Å². The molecule has 0 spiro atoms. The summed E-state index contributed by atoms with van der Waals surface area (Å²) in [6, 6.07) is 12.9. The summed E-state index contributed by atoms with van der Waals surface area (Å²) in [5, 5.41) is 31.1. The molecule has 0 radical (unpaired) electrons. The van der Waals surface area contributed by atoms with E-state index < -0.39 is 0 Å². The van der Waals surface area contributed by atoms with Gasteiger partial charge in [0.05, 0.1) is 17.4 Å². The second-order valence-electron chi connectivity index (χ2n) is 7.17. The molecule has 0 saturated heterocycles. The van der Waals surface area contributed by atoms with Gasteiger partial charge in [0, 0.05) is 51.3 Å². The number of halogens is 2. The van der Waals surface area contributed by atoms with Gasteiger partial charge in [-0.3, -0.25) is 15.5 Å². The van der Waals surface area contributed by atoms with Crippen molar-refractivity contribution in [3.63, 3.8) is 0 Å². The van der Waals surface area contributed by atoms with Gasteiger partial charge in [-0.15, -0.1) is 0 Å². The van der Waals surface area contributed by atoms with E-state index >= 15 is 0 Å². The van der Waals surface area contributed by atoms with E-state index in [2.05, 4.69) is 25.8 Å². The molecule has 8 nitrogen and oxygen atoms in total. The number of rotatable bonds is 8. The largest absolute Gasteiger partial charge is 0.382 e. The summed E-state index contributed by atoms with van der Waals surface area (Å²) in [4.78, 5) is 4.38. The number of nitrogens with one attached hydrogen (secondary N) is 5. The molecule has 0 amide bonds. The molecule has 2 heterocycles. The van der Waals surface area contributed by atoms with Gasteiger partial charge in [-0.25, -0.2) is 0 Å². The number of hydrogen-bond donors (Lipinski definition) is 6. The van der Waals surface area contributed by atoms with Gasteiger partial charge in [-0.05, 0) is 48.0 Å². The predicted molar refractivity (Wildman–Crippen MR) is 135 cm³/mol. The number of amidine groups is 1. The van der Waals surface area contributed by atoms with Crippen LogP contribution >= 0.6 is 23.2 Å². The molecule has 7 N–H and O–H groups in total. The van der Waals surface area contributed by atoms with Gasteiger partial charge in [0.15, 0.2) is 0 Å². The highest BCUT2D eigenvalue weighted by Crippen LogP contribution is 2.26. The molecule has 4 aromatic rings. The number of anilines is 2. The molecule has 2 aromatic carbocycles. The van der Waals surface area contributed by atoms with Gasteiger partial charge in [-0.1, -0.05) is 29.3 Å². The Hall–Kier alpha value is -3.88. The van der Waals surface area contributed by atoms with Crippen molar-refractivity contribution in [1.29, 1.82) is 10.8 Å². The summed E-state index contributed by atoms with van der Waals surface area (Å²) in [6.07, 6.45) is 6.15. The Kier molecular flexibility index (Phi) is 6.58. The molecule has 0 atom stereocenters. The van der Waals surface area contributed by atoms with E-state index in [1.165, 1.54) is 6.21 Å². The van der Waals surface area contributed by atoms with E-state index in [0.29, 0.717) is 39.2 Å². The molecule has 0 fully saturated rings. The third-order valence-electron chi connectivity index (χ3n) is 4.91. The van der Waals surface area contributed by atoms with Crippen molar-refractivity contribution < 1.29 is 0 Å². The molecule has 0 bridgehead atoms. The van der Waals surface area contributed by atoms with Crippen LogP contribution in [0.4, 0.5) is 11.4 Å². The van der Waals surface area contributed by atoms with E-state index in [4.69, 9.17) is 39.8 Å². The third-order valence-corrected chi connectivity index (χ3v) is 5.50. The van der Waals surface area contributed by atoms with Crippen LogP contribution in [0, 0.1) is 10.8 Å². The molecule has 166 valence electrons. The molecule has 0 aliphatic heterocycles. The van der Waals surface area contributed by atoms with Crippen LogP contribution in [0.5, 0.6) is 0 Å². The topological polar surface area (TPSA) is 139 Å². The van der Waals surface area contributed by atoms with Crippen LogP contribution in [0.2, 0.25) is 10.0 Å². The molecule has 0 saturated carbocycles. The molecular formula is C23H20Cl2N8. The minimum absolute atomic E-state index is 0.162. The lowest BCUT2D eigenvalue weighted by atomic mass is 10.1. The van der Waals surface area contributed by atoms with Gasteiger partial charge in [-0.2, -0.15) is 5.10 Å². The van der Waals surface area contributed by atoms with Crippen molar-refractivity contribution in [1.82, 2.24) is 20.5 Å². The highest BCUT2D eigenvalue weighted by molar-refractivity contribution is 6.35. The number of H-pyrrole nitrogens is 1. The smallest absolute Gasteiger partial charge is 0.143 e. The summed E-state index contributed by atoms with van der Waals surface area (Å²) in [5.41, 5.74) is 10.5. The first kappa shape index (κ1) is 22.3. The SMILES string of the molecule is N=C/C=C(\NCc1ccc(Cl)cc1Cl)c1cnc(C(=N)N)c(Nc2ccc3cn[nH]c3c2)c1. The number of nitrogens with two attached hydrogens (primary N) is 1. The number of aromatic amines is 1.